The average molecular weight is 357 g/mol. The number of carbonyl (C=O) groups excluding carboxylic acids is 1. The third-order valence-electron chi connectivity index (χ3n) is 5.30. The van der Waals surface area contributed by atoms with Crippen LogP contribution < -0.4 is 10.2 Å². The van der Waals surface area contributed by atoms with Gasteiger partial charge in [-0.1, -0.05) is 12.1 Å². The van der Waals surface area contributed by atoms with Crippen molar-refractivity contribution in [3.8, 4) is 0 Å². The molecule has 2 heterocycles. The van der Waals surface area contributed by atoms with E-state index in [2.05, 4.69) is 39.0 Å². The van der Waals surface area contributed by atoms with Gasteiger partial charge in [-0.25, -0.2) is 4.79 Å². The Morgan fingerprint density at radius 1 is 1.31 bits per heavy atom. The SMILES string of the molecule is CC(C)(C)OC(=O)NC1CC(N2CCn3c(CO)cc4cccc2c43)C1. The number of amides is 1. The molecule has 1 saturated carbocycles. The van der Waals surface area contributed by atoms with Crippen molar-refractivity contribution in [2.24, 2.45) is 0 Å². The predicted molar refractivity (Wildman–Crippen MR) is 101 cm³/mol. The monoisotopic (exact) mass is 357 g/mol. The second-order valence-corrected chi connectivity index (χ2v) is 8.32. The van der Waals surface area contributed by atoms with E-state index in [0.717, 1.165) is 31.6 Å². The molecule has 1 amide bonds. The molecule has 0 bridgehead atoms. The molecule has 2 N–H and O–H groups in total. The molecule has 1 fully saturated rings. The molecular formula is C20H27N3O3. The van der Waals surface area contributed by atoms with E-state index in [4.69, 9.17) is 4.74 Å². The van der Waals surface area contributed by atoms with Crippen molar-refractivity contribution >= 4 is 22.7 Å². The van der Waals surface area contributed by atoms with E-state index in [1.165, 1.54) is 16.6 Å². The fraction of sp³-hybridized carbons (Fsp3) is 0.550. The van der Waals surface area contributed by atoms with Gasteiger partial charge in [0.25, 0.3) is 0 Å². The largest absolute Gasteiger partial charge is 0.444 e. The number of aromatic nitrogens is 1. The number of para-hydroxylation sites is 1. The Kier molecular flexibility index (Phi) is 4.10. The zero-order valence-electron chi connectivity index (χ0n) is 15.7. The fourth-order valence-electron chi connectivity index (χ4n) is 4.12. The van der Waals surface area contributed by atoms with Gasteiger partial charge in [0.2, 0.25) is 0 Å². The second-order valence-electron chi connectivity index (χ2n) is 8.32. The van der Waals surface area contributed by atoms with Crippen molar-refractivity contribution in [2.75, 3.05) is 11.4 Å². The Balaban J connectivity index is 1.45. The fourth-order valence-corrected chi connectivity index (χ4v) is 4.12. The predicted octanol–water partition coefficient (Wildman–Crippen LogP) is 3.01. The lowest BCUT2D eigenvalue weighted by atomic mass is 9.85. The zero-order chi connectivity index (χ0) is 18.5. The number of aliphatic hydroxyl groups excluding tert-OH is 1. The lowest BCUT2D eigenvalue weighted by Gasteiger charge is -2.46. The van der Waals surface area contributed by atoms with Crippen LogP contribution in [0.5, 0.6) is 0 Å². The summed E-state index contributed by atoms with van der Waals surface area (Å²) in [5.74, 6) is 0. The zero-order valence-corrected chi connectivity index (χ0v) is 15.7. The Hall–Kier alpha value is -2.21. The smallest absolute Gasteiger partial charge is 0.407 e. The van der Waals surface area contributed by atoms with Crippen LogP contribution in [0.1, 0.15) is 39.3 Å². The van der Waals surface area contributed by atoms with Gasteiger partial charge in [0.15, 0.2) is 0 Å². The van der Waals surface area contributed by atoms with E-state index in [0.29, 0.717) is 6.04 Å². The van der Waals surface area contributed by atoms with Gasteiger partial charge in [-0.05, 0) is 45.7 Å². The highest BCUT2D eigenvalue weighted by Crippen LogP contribution is 2.38. The van der Waals surface area contributed by atoms with Crippen LogP contribution in [-0.4, -0.2) is 40.0 Å². The second kappa shape index (κ2) is 6.20. The normalized spacial score (nSPS) is 22.2. The molecule has 0 spiro atoms. The molecule has 140 valence electrons. The van der Waals surface area contributed by atoms with E-state index in [-0.39, 0.29) is 18.7 Å². The summed E-state index contributed by atoms with van der Waals surface area (Å²) in [5.41, 5.74) is 2.96. The number of benzene rings is 1. The van der Waals surface area contributed by atoms with E-state index in [1.54, 1.807) is 0 Å². The number of anilines is 1. The van der Waals surface area contributed by atoms with Gasteiger partial charge >= 0.3 is 6.09 Å². The minimum atomic E-state index is -0.467. The minimum absolute atomic E-state index is 0.0689. The maximum absolute atomic E-state index is 11.9. The Morgan fingerprint density at radius 2 is 2.08 bits per heavy atom. The molecule has 26 heavy (non-hydrogen) atoms. The number of alkyl carbamates (subject to hydrolysis) is 1. The van der Waals surface area contributed by atoms with Gasteiger partial charge in [0.05, 0.1) is 17.8 Å². The van der Waals surface area contributed by atoms with E-state index >= 15 is 0 Å². The lowest BCUT2D eigenvalue weighted by molar-refractivity contribution is 0.0470. The van der Waals surface area contributed by atoms with Crippen molar-refractivity contribution in [3.05, 3.63) is 30.0 Å². The molecule has 1 aromatic heterocycles. The summed E-state index contributed by atoms with van der Waals surface area (Å²) >= 11 is 0. The first-order chi connectivity index (χ1) is 12.4. The topological polar surface area (TPSA) is 66.7 Å². The first kappa shape index (κ1) is 17.2. The maximum atomic E-state index is 11.9. The molecule has 2 aliphatic rings. The summed E-state index contributed by atoms with van der Waals surface area (Å²) in [5, 5.41) is 13.8. The van der Waals surface area contributed by atoms with Gasteiger partial charge in [0.1, 0.15) is 5.60 Å². The van der Waals surface area contributed by atoms with Crippen LogP contribution >= 0.6 is 0 Å². The van der Waals surface area contributed by atoms with Gasteiger partial charge in [-0.2, -0.15) is 0 Å². The van der Waals surface area contributed by atoms with E-state index in [9.17, 15) is 9.90 Å². The minimum Gasteiger partial charge on any atom is -0.444 e. The van der Waals surface area contributed by atoms with Crippen molar-refractivity contribution in [1.29, 1.82) is 0 Å². The molecule has 1 aliphatic carbocycles. The summed E-state index contributed by atoms with van der Waals surface area (Å²) in [6, 6.07) is 9.03. The van der Waals surface area contributed by atoms with Crippen LogP contribution in [0.3, 0.4) is 0 Å². The van der Waals surface area contributed by atoms with Gasteiger partial charge < -0.3 is 24.6 Å². The van der Waals surface area contributed by atoms with Crippen LogP contribution in [0.15, 0.2) is 24.3 Å². The molecule has 2 aromatic rings. The number of aliphatic hydroxyl groups is 1. The third-order valence-corrected chi connectivity index (χ3v) is 5.30. The average Bonchev–Trinajstić information content (AvgIpc) is 2.90. The lowest BCUT2D eigenvalue weighted by Crippen LogP contribution is -2.55. The number of nitrogens with zero attached hydrogens (tertiary/aromatic N) is 2. The molecule has 6 nitrogen and oxygen atoms in total. The van der Waals surface area contributed by atoms with Crippen molar-refractivity contribution in [1.82, 2.24) is 9.88 Å². The van der Waals surface area contributed by atoms with E-state index in [1.807, 2.05) is 20.8 Å². The summed E-state index contributed by atoms with van der Waals surface area (Å²) in [6.45, 7) is 7.51. The molecule has 1 aliphatic heterocycles. The summed E-state index contributed by atoms with van der Waals surface area (Å²) in [7, 11) is 0. The summed E-state index contributed by atoms with van der Waals surface area (Å²) in [6.07, 6.45) is 1.54. The standard InChI is InChI=1S/C20H27N3O3/c1-20(2,3)26-19(25)21-14-10-15(11-14)22-7-8-23-16(12-24)9-13-5-4-6-17(22)18(13)23/h4-6,9,14-15,24H,7-8,10-12H2,1-3H3,(H,21,25). The number of carbonyl (C=O) groups is 1. The van der Waals surface area contributed by atoms with Crippen molar-refractivity contribution < 1.29 is 14.6 Å². The number of hydrogen-bond acceptors (Lipinski definition) is 4. The molecule has 4 rings (SSSR count). The molecule has 6 heteroatoms. The summed E-state index contributed by atoms with van der Waals surface area (Å²) < 4.78 is 7.57. The molecule has 0 unspecified atom stereocenters. The van der Waals surface area contributed by atoms with Gasteiger partial charge in [-0.15, -0.1) is 0 Å². The highest BCUT2D eigenvalue weighted by atomic mass is 16.6. The number of ether oxygens (including phenoxy) is 1. The maximum Gasteiger partial charge on any atom is 0.407 e. The highest BCUT2D eigenvalue weighted by Gasteiger charge is 2.37. The third kappa shape index (κ3) is 3.03. The Morgan fingerprint density at radius 3 is 2.77 bits per heavy atom. The molecule has 0 saturated heterocycles. The van der Waals surface area contributed by atoms with Crippen LogP contribution in [-0.2, 0) is 17.9 Å². The van der Waals surface area contributed by atoms with Crippen LogP contribution in [0.25, 0.3) is 10.9 Å². The molecule has 0 atom stereocenters. The van der Waals surface area contributed by atoms with Gasteiger partial charge in [-0.3, -0.25) is 0 Å². The summed E-state index contributed by atoms with van der Waals surface area (Å²) in [4.78, 5) is 14.4. The van der Waals surface area contributed by atoms with Crippen molar-refractivity contribution in [3.63, 3.8) is 0 Å². The first-order valence-electron chi connectivity index (χ1n) is 9.34. The quantitative estimate of drug-likeness (QED) is 0.886. The Labute approximate surface area is 153 Å². The number of nitrogens with one attached hydrogen (secondary N) is 1. The Bertz CT molecular complexity index is 831. The van der Waals surface area contributed by atoms with Crippen LogP contribution in [0.4, 0.5) is 10.5 Å². The van der Waals surface area contributed by atoms with Crippen LogP contribution in [0.2, 0.25) is 0 Å². The first-order valence-corrected chi connectivity index (χ1v) is 9.34. The highest BCUT2D eigenvalue weighted by molar-refractivity contribution is 5.94. The number of rotatable bonds is 3. The molecule has 1 aromatic carbocycles. The molecular weight excluding hydrogens is 330 g/mol. The molecule has 0 radical (unpaired) electrons. The van der Waals surface area contributed by atoms with Gasteiger partial charge in [0, 0.05) is 36.3 Å². The number of hydrogen-bond donors (Lipinski definition) is 2. The van der Waals surface area contributed by atoms with Crippen LogP contribution in [0, 0.1) is 0 Å². The van der Waals surface area contributed by atoms with Crippen molar-refractivity contribution in [2.45, 2.75) is 64.4 Å². The van der Waals surface area contributed by atoms with E-state index < -0.39 is 5.60 Å².